The summed E-state index contributed by atoms with van der Waals surface area (Å²) in [6, 6.07) is 9.62. The van der Waals surface area contributed by atoms with Crippen LogP contribution in [0.2, 0.25) is 0 Å². The fourth-order valence-electron chi connectivity index (χ4n) is 5.27. The zero-order chi connectivity index (χ0) is 24.0. The van der Waals surface area contributed by atoms with Gasteiger partial charge in [0.25, 0.3) is 0 Å². The molecule has 0 aromatic carbocycles. The number of nitrogens with zero attached hydrogens (tertiary/aromatic N) is 7. The fraction of sp³-hybridized carbons (Fsp3) is 0.370. The number of piperidine rings is 1. The number of anilines is 1. The van der Waals surface area contributed by atoms with E-state index in [1.54, 1.807) is 31.0 Å². The Bertz CT molecular complexity index is 1400. The summed E-state index contributed by atoms with van der Waals surface area (Å²) in [6.45, 7) is 4.39. The minimum atomic E-state index is 0.0396. The minimum absolute atomic E-state index is 0.0396. The Labute approximate surface area is 204 Å². The van der Waals surface area contributed by atoms with Crippen LogP contribution in [0.4, 0.5) is 5.82 Å². The molecule has 0 amide bonds. The molecule has 2 aliphatic heterocycles. The van der Waals surface area contributed by atoms with E-state index in [9.17, 15) is 4.79 Å². The lowest BCUT2D eigenvalue weighted by Crippen LogP contribution is -2.60. The summed E-state index contributed by atoms with van der Waals surface area (Å²) < 4.78 is 1.94. The Hall–Kier alpha value is -3.65. The molecule has 4 aromatic heterocycles. The molecule has 2 aliphatic rings. The van der Waals surface area contributed by atoms with Gasteiger partial charge in [-0.2, -0.15) is 0 Å². The molecule has 8 nitrogen and oxygen atoms in total. The highest BCUT2D eigenvalue weighted by molar-refractivity contribution is 5.98. The van der Waals surface area contributed by atoms with Crippen LogP contribution in [-0.2, 0) is 13.5 Å². The predicted molar refractivity (Wildman–Crippen MR) is 135 cm³/mol. The summed E-state index contributed by atoms with van der Waals surface area (Å²) >= 11 is 0. The van der Waals surface area contributed by atoms with E-state index in [2.05, 4.69) is 31.8 Å². The number of hydrogen-bond acceptors (Lipinski definition) is 7. The molecule has 0 saturated carbocycles. The Morgan fingerprint density at radius 3 is 2.63 bits per heavy atom. The standard InChI is InChI=1S/C27H29N7O/c1-32-9-6-27(7-10-32)16-34(17-27)26-11-19(5-8-29-26)25(35)13-21-12-23-20(14-30-21)3-4-22(31-23)24-15-28-18-33(24)2/h3-5,8,11-12,14-15,18H,6-7,9-10,13,16-17H2,1-2H3. The second kappa shape index (κ2) is 8.53. The van der Waals surface area contributed by atoms with Gasteiger partial charge in [0.1, 0.15) is 5.82 Å². The van der Waals surface area contributed by atoms with Crippen molar-refractivity contribution in [1.29, 1.82) is 0 Å². The molecule has 6 rings (SSSR count). The third-order valence-corrected chi connectivity index (χ3v) is 7.54. The fourth-order valence-corrected chi connectivity index (χ4v) is 5.27. The third-order valence-electron chi connectivity index (χ3n) is 7.54. The van der Waals surface area contributed by atoms with Crippen molar-refractivity contribution >= 4 is 22.5 Å². The number of carbonyl (C=O) groups is 1. The van der Waals surface area contributed by atoms with Gasteiger partial charge in [0, 0.05) is 48.9 Å². The molecular formula is C27H29N7O. The van der Waals surface area contributed by atoms with Crippen molar-refractivity contribution in [2.24, 2.45) is 12.5 Å². The molecule has 0 unspecified atom stereocenters. The van der Waals surface area contributed by atoms with Crippen LogP contribution >= 0.6 is 0 Å². The van der Waals surface area contributed by atoms with Gasteiger partial charge in [0.05, 0.1) is 41.5 Å². The van der Waals surface area contributed by atoms with Crippen molar-refractivity contribution in [3.8, 4) is 11.4 Å². The van der Waals surface area contributed by atoms with Crippen LogP contribution in [-0.4, -0.2) is 68.4 Å². The maximum Gasteiger partial charge on any atom is 0.169 e. The molecule has 1 spiro atoms. The quantitative estimate of drug-likeness (QED) is 0.416. The molecule has 35 heavy (non-hydrogen) atoms. The Morgan fingerprint density at radius 1 is 1.03 bits per heavy atom. The Balaban J connectivity index is 1.17. The Morgan fingerprint density at radius 2 is 1.86 bits per heavy atom. The van der Waals surface area contributed by atoms with Crippen LogP contribution in [0.3, 0.4) is 0 Å². The molecule has 8 heteroatoms. The SMILES string of the molecule is CN1CCC2(CC1)CN(c1cc(C(=O)Cc3cc4nc(-c5cncn5C)ccc4cn3)ccn1)C2. The maximum atomic E-state index is 13.1. The number of Topliss-reactive ketones (excluding diaryl/α,β-unsaturated/α-hetero) is 1. The van der Waals surface area contributed by atoms with Crippen molar-refractivity contribution in [3.63, 3.8) is 0 Å². The largest absolute Gasteiger partial charge is 0.355 e. The molecule has 2 fully saturated rings. The number of hydrogen-bond donors (Lipinski definition) is 0. The van der Waals surface area contributed by atoms with Gasteiger partial charge >= 0.3 is 0 Å². The summed E-state index contributed by atoms with van der Waals surface area (Å²) in [5, 5.41) is 0.943. The zero-order valence-corrected chi connectivity index (χ0v) is 20.2. The number of fused-ring (bicyclic) bond motifs is 1. The van der Waals surface area contributed by atoms with Crippen LogP contribution in [0, 0.1) is 5.41 Å². The van der Waals surface area contributed by atoms with E-state index in [1.165, 1.54) is 12.8 Å². The normalized spacial score (nSPS) is 17.6. The lowest BCUT2D eigenvalue weighted by molar-refractivity contribution is 0.0900. The minimum Gasteiger partial charge on any atom is -0.355 e. The van der Waals surface area contributed by atoms with E-state index in [4.69, 9.17) is 4.98 Å². The van der Waals surface area contributed by atoms with Crippen molar-refractivity contribution < 1.29 is 4.79 Å². The molecular weight excluding hydrogens is 438 g/mol. The van der Waals surface area contributed by atoms with Crippen molar-refractivity contribution in [2.45, 2.75) is 19.3 Å². The van der Waals surface area contributed by atoms with E-state index in [0.717, 1.165) is 54.3 Å². The number of rotatable bonds is 5. The molecule has 0 aliphatic carbocycles. The van der Waals surface area contributed by atoms with Crippen molar-refractivity contribution in [2.75, 3.05) is 38.1 Å². The second-order valence-corrected chi connectivity index (χ2v) is 10.1. The van der Waals surface area contributed by atoms with Gasteiger partial charge in [-0.15, -0.1) is 0 Å². The highest BCUT2D eigenvalue weighted by atomic mass is 16.1. The first kappa shape index (κ1) is 21.9. The van der Waals surface area contributed by atoms with Crippen LogP contribution in [0.25, 0.3) is 22.3 Å². The first-order valence-electron chi connectivity index (χ1n) is 12.1. The number of carbonyl (C=O) groups excluding carboxylic acids is 1. The van der Waals surface area contributed by atoms with Crippen LogP contribution in [0.1, 0.15) is 28.9 Å². The lowest BCUT2D eigenvalue weighted by atomic mass is 9.72. The lowest BCUT2D eigenvalue weighted by Gasteiger charge is -2.54. The van der Waals surface area contributed by atoms with Gasteiger partial charge in [0.15, 0.2) is 5.78 Å². The molecule has 4 aromatic rings. The van der Waals surface area contributed by atoms with E-state index < -0.39 is 0 Å². The van der Waals surface area contributed by atoms with Crippen molar-refractivity contribution in [3.05, 3.63) is 66.5 Å². The monoisotopic (exact) mass is 467 g/mol. The first-order chi connectivity index (χ1) is 17.0. The average Bonchev–Trinajstić information content (AvgIpc) is 3.28. The van der Waals surface area contributed by atoms with Crippen molar-refractivity contribution in [1.82, 2.24) is 29.4 Å². The molecule has 0 atom stereocenters. The van der Waals surface area contributed by atoms with Crippen LogP contribution < -0.4 is 4.90 Å². The molecule has 6 heterocycles. The number of pyridine rings is 3. The molecule has 2 saturated heterocycles. The third kappa shape index (κ3) is 4.18. The number of aryl methyl sites for hydroxylation is 1. The molecule has 0 N–H and O–H groups in total. The summed E-state index contributed by atoms with van der Waals surface area (Å²) in [5.41, 5.74) is 4.42. The van der Waals surface area contributed by atoms with Gasteiger partial charge in [-0.3, -0.25) is 9.78 Å². The van der Waals surface area contributed by atoms with Gasteiger partial charge < -0.3 is 14.4 Å². The maximum absolute atomic E-state index is 13.1. The van der Waals surface area contributed by atoms with E-state index >= 15 is 0 Å². The van der Waals surface area contributed by atoms with Gasteiger partial charge in [0.2, 0.25) is 0 Å². The summed E-state index contributed by atoms with van der Waals surface area (Å²) in [7, 11) is 4.14. The smallest absolute Gasteiger partial charge is 0.169 e. The Kier molecular flexibility index (Phi) is 5.33. The number of ketones is 1. The topological polar surface area (TPSA) is 80.0 Å². The highest BCUT2D eigenvalue weighted by Gasteiger charge is 2.44. The molecule has 0 radical (unpaired) electrons. The second-order valence-electron chi connectivity index (χ2n) is 10.1. The first-order valence-corrected chi connectivity index (χ1v) is 12.1. The van der Waals surface area contributed by atoms with E-state index in [-0.39, 0.29) is 12.2 Å². The van der Waals surface area contributed by atoms with Gasteiger partial charge in [-0.05, 0) is 63.3 Å². The summed E-state index contributed by atoms with van der Waals surface area (Å²) in [5.74, 6) is 0.937. The summed E-state index contributed by atoms with van der Waals surface area (Å²) in [4.78, 5) is 35.9. The predicted octanol–water partition coefficient (Wildman–Crippen LogP) is 3.38. The molecule has 0 bridgehead atoms. The van der Waals surface area contributed by atoms with Gasteiger partial charge in [-0.1, -0.05) is 0 Å². The highest BCUT2D eigenvalue weighted by Crippen LogP contribution is 2.41. The number of aromatic nitrogens is 5. The average molecular weight is 468 g/mol. The van der Waals surface area contributed by atoms with Gasteiger partial charge in [-0.25, -0.2) is 15.0 Å². The number of imidazole rings is 1. The van der Waals surface area contributed by atoms with Crippen LogP contribution in [0.15, 0.2) is 55.2 Å². The van der Waals surface area contributed by atoms with Crippen LogP contribution in [0.5, 0.6) is 0 Å². The summed E-state index contributed by atoms with van der Waals surface area (Å²) in [6.07, 6.45) is 9.80. The molecule has 178 valence electrons. The van der Waals surface area contributed by atoms with E-state index in [1.807, 2.05) is 35.9 Å². The van der Waals surface area contributed by atoms with E-state index in [0.29, 0.717) is 16.7 Å². The zero-order valence-electron chi connectivity index (χ0n) is 20.2. The number of likely N-dealkylation sites (tertiary alicyclic amines) is 1.